The first-order valence-electron chi connectivity index (χ1n) is 7.76. The van der Waals surface area contributed by atoms with Gasteiger partial charge < -0.3 is 19.5 Å². The number of rotatable bonds is 8. The molecule has 0 aliphatic rings. The average Bonchev–Trinajstić information content (AvgIpc) is 2.63. The second kappa shape index (κ2) is 9.86. The standard InChI is InChI=1S/C18H16BrF2NO5/c1-25-12-2-4-13(5-3-12)26-7-6-17(24)27-10-16(23)22-18-14(19)8-11(20)9-15(18)21/h2-5,8-9H,6-7,10H2,1H3,(H,22,23). The lowest BCUT2D eigenvalue weighted by Crippen LogP contribution is -2.22. The van der Waals surface area contributed by atoms with Crippen LogP contribution in [0.3, 0.4) is 0 Å². The van der Waals surface area contributed by atoms with Crippen molar-refractivity contribution in [2.75, 3.05) is 25.6 Å². The van der Waals surface area contributed by atoms with Gasteiger partial charge in [0.05, 0.1) is 25.8 Å². The molecule has 1 N–H and O–H groups in total. The van der Waals surface area contributed by atoms with Crippen LogP contribution >= 0.6 is 15.9 Å². The lowest BCUT2D eigenvalue weighted by atomic mass is 10.3. The normalized spacial score (nSPS) is 10.2. The van der Waals surface area contributed by atoms with Crippen LogP contribution in [0.5, 0.6) is 11.5 Å². The molecular formula is C18H16BrF2NO5. The van der Waals surface area contributed by atoms with Crippen LogP contribution in [-0.2, 0) is 14.3 Å². The predicted octanol–water partition coefficient (Wildman–Crippen LogP) is 3.69. The van der Waals surface area contributed by atoms with Crippen LogP contribution in [0.4, 0.5) is 14.5 Å². The Morgan fingerprint density at radius 3 is 2.41 bits per heavy atom. The first-order chi connectivity index (χ1) is 12.9. The Bertz CT molecular complexity index is 791. The largest absolute Gasteiger partial charge is 0.497 e. The highest BCUT2D eigenvalue weighted by atomic mass is 79.9. The lowest BCUT2D eigenvalue weighted by Gasteiger charge is -2.10. The van der Waals surface area contributed by atoms with Crippen molar-refractivity contribution in [3.63, 3.8) is 0 Å². The van der Waals surface area contributed by atoms with Gasteiger partial charge in [-0.05, 0) is 46.3 Å². The third-order valence-corrected chi connectivity index (χ3v) is 3.90. The fourth-order valence-corrected chi connectivity index (χ4v) is 2.49. The third-order valence-electron chi connectivity index (χ3n) is 3.27. The van der Waals surface area contributed by atoms with E-state index in [0.29, 0.717) is 17.6 Å². The Balaban J connectivity index is 1.72. The maximum Gasteiger partial charge on any atom is 0.309 e. The molecule has 0 atom stereocenters. The zero-order valence-corrected chi connectivity index (χ0v) is 15.8. The number of nitrogens with one attached hydrogen (secondary N) is 1. The Morgan fingerprint density at radius 1 is 1.11 bits per heavy atom. The number of hydrogen-bond donors (Lipinski definition) is 1. The summed E-state index contributed by atoms with van der Waals surface area (Å²) >= 11 is 2.94. The van der Waals surface area contributed by atoms with Gasteiger partial charge in [-0.2, -0.15) is 0 Å². The summed E-state index contributed by atoms with van der Waals surface area (Å²) in [6.45, 7) is -0.546. The average molecular weight is 444 g/mol. The van der Waals surface area contributed by atoms with E-state index in [0.717, 1.165) is 6.07 Å². The van der Waals surface area contributed by atoms with Crippen molar-refractivity contribution in [3.8, 4) is 11.5 Å². The minimum absolute atomic E-state index is 0.0348. The Morgan fingerprint density at radius 2 is 1.78 bits per heavy atom. The molecule has 9 heteroatoms. The molecule has 144 valence electrons. The zero-order chi connectivity index (χ0) is 19.8. The van der Waals surface area contributed by atoms with Crippen LogP contribution in [0.15, 0.2) is 40.9 Å². The van der Waals surface area contributed by atoms with E-state index in [1.54, 1.807) is 31.4 Å². The van der Waals surface area contributed by atoms with E-state index in [1.807, 2.05) is 0 Å². The fraction of sp³-hybridized carbons (Fsp3) is 0.222. The lowest BCUT2D eigenvalue weighted by molar-refractivity contribution is -0.147. The molecule has 0 aliphatic carbocycles. The number of carbonyl (C=O) groups is 2. The molecule has 0 aliphatic heterocycles. The Hall–Kier alpha value is -2.68. The first kappa shape index (κ1) is 20.6. The summed E-state index contributed by atoms with van der Waals surface area (Å²) in [4.78, 5) is 23.4. The summed E-state index contributed by atoms with van der Waals surface area (Å²) < 4.78 is 41.9. The van der Waals surface area contributed by atoms with Crippen molar-refractivity contribution in [3.05, 3.63) is 52.5 Å². The number of ether oxygens (including phenoxy) is 3. The molecule has 0 saturated carbocycles. The van der Waals surface area contributed by atoms with Gasteiger partial charge in [0, 0.05) is 10.5 Å². The molecule has 0 fully saturated rings. The van der Waals surface area contributed by atoms with Crippen LogP contribution < -0.4 is 14.8 Å². The van der Waals surface area contributed by atoms with E-state index < -0.39 is 30.1 Å². The van der Waals surface area contributed by atoms with Crippen molar-refractivity contribution < 1.29 is 32.6 Å². The number of hydrogen-bond acceptors (Lipinski definition) is 5. The van der Waals surface area contributed by atoms with E-state index in [1.165, 1.54) is 0 Å². The molecule has 2 rings (SSSR count). The molecular weight excluding hydrogens is 428 g/mol. The summed E-state index contributed by atoms with van der Waals surface area (Å²) in [5.41, 5.74) is -0.236. The second-order valence-electron chi connectivity index (χ2n) is 5.23. The SMILES string of the molecule is COc1ccc(OCCC(=O)OCC(=O)Nc2c(F)cc(F)cc2Br)cc1. The van der Waals surface area contributed by atoms with Crippen LogP contribution in [0.25, 0.3) is 0 Å². The molecule has 0 bridgehead atoms. The van der Waals surface area contributed by atoms with Crippen molar-refractivity contribution in [1.29, 1.82) is 0 Å². The quantitative estimate of drug-likeness (QED) is 0.629. The molecule has 0 saturated heterocycles. The minimum Gasteiger partial charge on any atom is -0.497 e. The number of anilines is 1. The molecule has 0 heterocycles. The zero-order valence-electron chi connectivity index (χ0n) is 14.3. The molecule has 0 unspecified atom stereocenters. The molecule has 2 aromatic rings. The molecule has 6 nitrogen and oxygen atoms in total. The molecule has 1 amide bonds. The second-order valence-corrected chi connectivity index (χ2v) is 6.08. The summed E-state index contributed by atoms with van der Waals surface area (Å²) in [6, 6.07) is 8.43. The van der Waals surface area contributed by atoms with Gasteiger partial charge in [0.2, 0.25) is 0 Å². The molecule has 0 aromatic heterocycles. The van der Waals surface area contributed by atoms with Gasteiger partial charge in [-0.3, -0.25) is 9.59 Å². The van der Waals surface area contributed by atoms with Gasteiger partial charge in [0.15, 0.2) is 12.4 Å². The van der Waals surface area contributed by atoms with Gasteiger partial charge in [-0.25, -0.2) is 8.78 Å². The summed E-state index contributed by atoms with van der Waals surface area (Å²) in [6.07, 6.45) is -0.0755. The van der Waals surface area contributed by atoms with E-state index in [-0.39, 0.29) is 23.2 Å². The number of esters is 1. The van der Waals surface area contributed by atoms with Gasteiger partial charge in [0.1, 0.15) is 17.3 Å². The highest BCUT2D eigenvalue weighted by molar-refractivity contribution is 9.10. The first-order valence-corrected chi connectivity index (χ1v) is 8.55. The number of benzene rings is 2. The Kier molecular flexibility index (Phi) is 7.54. The summed E-state index contributed by atoms with van der Waals surface area (Å²) in [5, 5.41) is 2.21. The maximum atomic E-state index is 13.6. The van der Waals surface area contributed by atoms with Crippen LogP contribution in [0, 0.1) is 11.6 Å². The van der Waals surface area contributed by atoms with Crippen molar-refractivity contribution >= 4 is 33.5 Å². The topological polar surface area (TPSA) is 73.9 Å². The molecule has 2 aromatic carbocycles. The number of amides is 1. The van der Waals surface area contributed by atoms with Crippen molar-refractivity contribution in [2.24, 2.45) is 0 Å². The monoisotopic (exact) mass is 443 g/mol. The van der Waals surface area contributed by atoms with Gasteiger partial charge in [-0.1, -0.05) is 0 Å². The number of halogens is 3. The fourth-order valence-electron chi connectivity index (χ4n) is 1.98. The van der Waals surface area contributed by atoms with E-state index in [9.17, 15) is 18.4 Å². The van der Waals surface area contributed by atoms with Gasteiger partial charge >= 0.3 is 5.97 Å². The highest BCUT2D eigenvalue weighted by Gasteiger charge is 2.14. The maximum absolute atomic E-state index is 13.6. The minimum atomic E-state index is -0.950. The van der Waals surface area contributed by atoms with Crippen LogP contribution in [0.2, 0.25) is 0 Å². The van der Waals surface area contributed by atoms with Crippen molar-refractivity contribution in [1.82, 2.24) is 0 Å². The summed E-state index contributed by atoms with van der Waals surface area (Å²) in [5.74, 6) is -1.92. The molecule has 27 heavy (non-hydrogen) atoms. The Labute approximate surface area is 162 Å². The number of carbonyl (C=O) groups excluding carboxylic acids is 2. The van der Waals surface area contributed by atoms with Crippen molar-refractivity contribution in [2.45, 2.75) is 6.42 Å². The predicted molar refractivity (Wildman–Crippen MR) is 96.8 cm³/mol. The molecule has 0 spiro atoms. The van der Waals surface area contributed by atoms with E-state index in [4.69, 9.17) is 14.2 Å². The van der Waals surface area contributed by atoms with E-state index >= 15 is 0 Å². The van der Waals surface area contributed by atoms with Gasteiger partial charge in [-0.15, -0.1) is 0 Å². The summed E-state index contributed by atoms with van der Waals surface area (Å²) in [7, 11) is 1.55. The van der Waals surface area contributed by atoms with Gasteiger partial charge in [0.25, 0.3) is 5.91 Å². The molecule has 0 radical (unpaired) electrons. The van der Waals surface area contributed by atoms with Crippen LogP contribution in [0.1, 0.15) is 6.42 Å². The highest BCUT2D eigenvalue weighted by Crippen LogP contribution is 2.26. The smallest absolute Gasteiger partial charge is 0.309 e. The van der Waals surface area contributed by atoms with Crippen LogP contribution in [-0.4, -0.2) is 32.2 Å². The number of methoxy groups -OCH3 is 1. The van der Waals surface area contributed by atoms with E-state index in [2.05, 4.69) is 21.2 Å². The third kappa shape index (κ3) is 6.52.